The molecule has 2 aliphatic rings. The second kappa shape index (κ2) is 5.10. The van der Waals surface area contributed by atoms with Crippen molar-refractivity contribution in [3.05, 3.63) is 29.6 Å². The van der Waals surface area contributed by atoms with E-state index < -0.39 is 6.10 Å². The summed E-state index contributed by atoms with van der Waals surface area (Å²) in [5, 5.41) is 9.86. The first-order valence-corrected chi connectivity index (χ1v) is 7.03. The topological polar surface area (TPSA) is 32.7 Å². The van der Waals surface area contributed by atoms with E-state index in [1.807, 2.05) is 6.07 Å². The summed E-state index contributed by atoms with van der Waals surface area (Å²) in [5.41, 5.74) is 1.24. The Morgan fingerprint density at radius 2 is 2.26 bits per heavy atom. The molecule has 1 aliphatic carbocycles. The van der Waals surface area contributed by atoms with Crippen LogP contribution in [0.1, 0.15) is 37.9 Å². The predicted molar refractivity (Wildman–Crippen MR) is 71.8 cm³/mol. The van der Waals surface area contributed by atoms with Gasteiger partial charge in [-0.15, -0.1) is 0 Å². The van der Waals surface area contributed by atoms with Crippen molar-refractivity contribution in [2.45, 2.75) is 44.4 Å². The zero-order chi connectivity index (χ0) is 13.4. The summed E-state index contributed by atoms with van der Waals surface area (Å²) in [6.45, 7) is 3.07. The Kier molecular flexibility index (Phi) is 3.46. The number of ether oxygens (including phenoxy) is 1. The number of nitrogens with zero attached hydrogens (tertiary/aromatic N) is 1. The van der Waals surface area contributed by atoms with E-state index in [1.54, 1.807) is 13.0 Å². The Morgan fingerprint density at radius 1 is 1.42 bits per heavy atom. The number of rotatable bonds is 2. The van der Waals surface area contributed by atoms with Crippen molar-refractivity contribution >= 4 is 5.69 Å². The summed E-state index contributed by atoms with van der Waals surface area (Å²) in [7, 11) is 0. The Morgan fingerprint density at radius 3 is 3.05 bits per heavy atom. The van der Waals surface area contributed by atoms with Gasteiger partial charge in [-0.3, -0.25) is 0 Å². The second-order valence-corrected chi connectivity index (χ2v) is 5.45. The normalized spacial score (nSPS) is 28.3. The molecule has 4 heteroatoms. The summed E-state index contributed by atoms with van der Waals surface area (Å²) in [4.78, 5) is 2.23. The highest BCUT2D eigenvalue weighted by Gasteiger charge is 2.37. The maximum absolute atomic E-state index is 14.0. The van der Waals surface area contributed by atoms with Crippen molar-refractivity contribution in [1.29, 1.82) is 0 Å². The molecule has 1 heterocycles. The molecule has 1 aliphatic heterocycles. The molecule has 1 aromatic carbocycles. The van der Waals surface area contributed by atoms with Crippen molar-refractivity contribution in [2.75, 3.05) is 18.1 Å². The van der Waals surface area contributed by atoms with Gasteiger partial charge < -0.3 is 14.7 Å². The van der Waals surface area contributed by atoms with Gasteiger partial charge in [-0.2, -0.15) is 0 Å². The molecule has 0 aromatic heterocycles. The highest BCUT2D eigenvalue weighted by Crippen LogP contribution is 2.37. The highest BCUT2D eigenvalue weighted by molar-refractivity contribution is 5.56. The van der Waals surface area contributed by atoms with E-state index >= 15 is 0 Å². The molecular formula is C15H20FNO2. The van der Waals surface area contributed by atoms with Gasteiger partial charge in [0.25, 0.3) is 0 Å². The van der Waals surface area contributed by atoms with Crippen LogP contribution in [0.3, 0.4) is 0 Å². The predicted octanol–water partition coefficient (Wildman–Crippen LogP) is 2.64. The minimum atomic E-state index is -0.793. The van der Waals surface area contributed by atoms with Crippen LogP contribution in [0.15, 0.2) is 18.2 Å². The maximum atomic E-state index is 14.0. The third kappa shape index (κ3) is 2.23. The first kappa shape index (κ1) is 12.9. The van der Waals surface area contributed by atoms with E-state index in [4.69, 9.17) is 4.74 Å². The molecule has 2 unspecified atom stereocenters. The van der Waals surface area contributed by atoms with E-state index in [9.17, 15) is 9.50 Å². The van der Waals surface area contributed by atoms with Crippen molar-refractivity contribution in [3.8, 4) is 0 Å². The molecule has 3 rings (SSSR count). The highest BCUT2D eigenvalue weighted by atomic mass is 19.1. The van der Waals surface area contributed by atoms with Crippen LogP contribution in [-0.4, -0.2) is 30.4 Å². The standard InChI is InChI=1S/C15H20FNO2/c1-10(18)15-11(16)4-2-6-13(15)17-8-9-19-14-7-3-5-12(14)17/h2,4,6,10,12,14,18H,3,5,7-9H2,1H3/t10-,12?,14?/m1/s1. The maximum Gasteiger partial charge on any atom is 0.131 e. The number of aliphatic hydroxyl groups is 1. The molecule has 1 aromatic rings. The average molecular weight is 265 g/mol. The molecule has 1 saturated heterocycles. The van der Waals surface area contributed by atoms with Crippen LogP contribution in [0.25, 0.3) is 0 Å². The first-order valence-electron chi connectivity index (χ1n) is 7.03. The molecule has 1 N–H and O–H groups in total. The van der Waals surface area contributed by atoms with Gasteiger partial charge in [0, 0.05) is 17.8 Å². The fraction of sp³-hybridized carbons (Fsp3) is 0.600. The number of halogens is 1. The van der Waals surface area contributed by atoms with Crippen LogP contribution in [0.4, 0.5) is 10.1 Å². The minimum absolute atomic E-state index is 0.263. The summed E-state index contributed by atoms with van der Waals surface area (Å²) in [5.74, 6) is -0.325. The Hall–Kier alpha value is -1.13. The van der Waals surface area contributed by atoms with E-state index in [2.05, 4.69) is 4.90 Å². The van der Waals surface area contributed by atoms with Gasteiger partial charge in [-0.05, 0) is 38.3 Å². The van der Waals surface area contributed by atoms with Gasteiger partial charge in [0.05, 0.1) is 24.9 Å². The molecule has 19 heavy (non-hydrogen) atoms. The molecule has 1 saturated carbocycles. The molecular weight excluding hydrogens is 245 g/mol. The number of fused-ring (bicyclic) bond motifs is 1. The van der Waals surface area contributed by atoms with Crippen LogP contribution in [0, 0.1) is 5.82 Å². The van der Waals surface area contributed by atoms with E-state index in [-0.39, 0.29) is 11.9 Å². The van der Waals surface area contributed by atoms with Gasteiger partial charge >= 0.3 is 0 Å². The number of hydrogen-bond acceptors (Lipinski definition) is 3. The van der Waals surface area contributed by atoms with Crippen molar-refractivity contribution in [2.24, 2.45) is 0 Å². The minimum Gasteiger partial charge on any atom is -0.389 e. The van der Waals surface area contributed by atoms with E-state index in [1.165, 1.54) is 6.07 Å². The van der Waals surface area contributed by atoms with Crippen LogP contribution in [0.5, 0.6) is 0 Å². The quantitative estimate of drug-likeness (QED) is 0.892. The van der Waals surface area contributed by atoms with Gasteiger partial charge in [0.15, 0.2) is 0 Å². The zero-order valence-corrected chi connectivity index (χ0v) is 11.2. The van der Waals surface area contributed by atoms with Crippen molar-refractivity contribution in [1.82, 2.24) is 0 Å². The fourth-order valence-electron chi connectivity index (χ4n) is 3.41. The lowest BCUT2D eigenvalue weighted by Gasteiger charge is -2.40. The van der Waals surface area contributed by atoms with Gasteiger partial charge in [0.2, 0.25) is 0 Å². The molecule has 104 valence electrons. The zero-order valence-electron chi connectivity index (χ0n) is 11.2. The van der Waals surface area contributed by atoms with Crippen molar-refractivity contribution in [3.63, 3.8) is 0 Å². The summed E-state index contributed by atoms with van der Waals surface area (Å²) >= 11 is 0. The molecule has 0 spiro atoms. The lowest BCUT2D eigenvalue weighted by atomic mass is 10.0. The number of benzene rings is 1. The lowest BCUT2D eigenvalue weighted by Crippen LogP contribution is -2.49. The fourth-order valence-corrected chi connectivity index (χ4v) is 3.41. The van der Waals surface area contributed by atoms with Crippen molar-refractivity contribution < 1.29 is 14.2 Å². The second-order valence-electron chi connectivity index (χ2n) is 5.45. The molecule has 2 fully saturated rings. The number of aliphatic hydroxyl groups excluding tert-OH is 1. The van der Waals surface area contributed by atoms with Crippen LogP contribution in [-0.2, 0) is 4.74 Å². The van der Waals surface area contributed by atoms with Crippen LogP contribution in [0.2, 0.25) is 0 Å². The average Bonchev–Trinajstić information content (AvgIpc) is 2.85. The Labute approximate surface area is 113 Å². The molecule has 3 nitrogen and oxygen atoms in total. The van der Waals surface area contributed by atoms with Crippen LogP contribution >= 0.6 is 0 Å². The smallest absolute Gasteiger partial charge is 0.131 e. The SMILES string of the molecule is C[C@@H](O)c1c(F)cccc1N1CCOC2CCCC21. The largest absolute Gasteiger partial charge is 0.389 e. The first-order chi connectivity index (χ1) is 9.18. The third-order valence-corrected chi connectivity index (χ3v) is 4.24. The Balaban J connectivity index is 1.99. The number of anilines is 1. The van der Waals surface area contributed by atoms with E-state index in [0.717, 1.165) is 31.5 Å². The monoisotopic (exact) mass is 265 g/mol. The summed E-state index contributed by atoms with van der Waals surface area (Å²) in [6, 6.07) is 5.37. The molecule has 0 radical (unpaired) electrons. The van der Waals surface area contributed by atoms with Gasteiger partial charge in [-0.25, -0.2) is 4.39 Å². The number of morpholine rings is 1. The third-order valence-electron chi connectivity index (χ3n) is 4.24. The lowest BCUT2D eigenvalue weighted by molar-refractivity contribution is 0.0253. The van der Waals surface area contributed by atoms with Gasteiger partial charge in [0.1, 0.15) is 5.82 Å². The molecule has 0 bridgehead atoms. The molecule has 0 amide bonds. The number of hydrogen-bond donors (Lipinski definition) is 1. The van der Waals surface area contributed by atoms with Crippen LogP contribution < -0.4 is 4.90 Å². The Bertz CT molecular complexity index is 463. The van der Waals surface area contributed by atoms with E-state index in [0.29, 0.717) is 18.2 Å². The van der Waals surface area contributed by atoms with Gasteiger partial charge in [-0.1, -0.05) is 6.07 Å². The summed E-state index contributed by atoms with van der Waals surface area (Å²) in [6.07, 6.45) is 2.80. The summed E-state index contributed by atoms with van der Waals surface area (Å²) < 4.78 is 19.8. The molecule has 3 atom stereocenters.